The van der Waals surface area contributed by atoms with Gasteiger partial charge in [0.2, 0.25) is 0 Å². The van der Waals surface area contributed by atoms with Gasteiger partial charge in [0.05, 0.1) is 0 Å². The van der Waals surface area contributed by atoms with Crippen molar-refractivity contribution >= 4 is 12.5 Å². The molecule has 0 fully saturated rings. The fraction of sp³-hybridized carbons (Fsp3) is 0.556. The summed E-state index contributed by atoms with van der Waals surface area (Å²) in [6.45, 7) is 2.13. The van der Waals surface area contributed by atoms with Gasteiger partial charge in [-0.3, -0.25) is 9.79 Å². The minimum atomic E-state index is 0.681. The molecule has 62 valence electrons. The number of rotatable bonds is 5. The van der Waals surface area contributed by atoms with E-state index in [0.29, 0.717) is 5.57 Å². The number of aliphatic imine (C=N–C) groups is 1. The number of aldehydes is 1. The second-order valence-corrected chi connectivity index (χ2v) is 2.35. The standard InChI is InChI=1S/C9H15NO/c1-3-4-5-6-9(8-11)7-10-2/h6-8H,3-5H2,1-2H3/b9-6+,10-7?. The van der Waals surface area contributed by atoms with Crippen LogP contribution in [0.1, 0.15) is 26.2 Å². The van der Waals surface area contributed by atoms with Crippen LogP contribution in [0.5, 0.6) is 0 Å². The van der Waals surface area contributed by atoms with Crippen molar-refractivity contribution in [2.75, 3.05) is 7.05 Å². The van der Waals surface area contributed by atoms with E-state index >= 15 is 0 Å². The Morgan fingerprint density at radius 3 is 2.73 bits per heavy atom. The number of allylic oxidation sites excluding steroid dienone is 2. The van der Waals surface area contributed by atoms with Gasteiger partial charge in [0.25, 0.3) is 0 Å². The van der Waals surface area contributed by atoms with Gasteiger partial charge in [0.15, 0.2) is 6.29 Å². The topological polar surface area (TPSA) is 29.4 Å². The minimum absolute atomic E-state index is 0.681. The van der Waals surface area contributed by atoms with E-state index in [2.05, 4.69) is 11.9 Å². The van der Waals surface area contributed by atoms with Crippen LogP contribution in [0.15, 0.2) is 16.6 Å². The van der Waals surface area contributed by atoms with Crippen molar-refractivity contribution in [2.45, 2.75) is 26.2 Å². The summed E-state index contributed by atoms with van der Waals surface area (Å²) in [4.78, 5) is 14.1. The number of hydrogen-bond donors (Lipinski definition) is 0. The summed E-state index contributed by atoms with van der Waals surface area (Å²) in [7, 11) is 1.66. The molecule has 0 aromatic heterocycles. The lowest BCUT2D eigenvalue weighted by Crippen LogP contribution is -1.85. The molecule has 0 N–H and O–H groups in total. The minimum Gasteiger partial charge on any atom is -0.298 e. The number of hydrogen-bond acceptors (Lipinski definition) is 2. The maximum atomic E-state index is 10.3. The zero-order valence-corrected chi connectivity index (χ0v) is 7.21. The quantitative estimate of drug-likeness (QED) is 0.257. The SMILES string of the molecule is CCCC/C=C(/C=O)C=NC. The number of unbranched alkanes of at least 4 members (excludes halogenated alkanes) is 2. The third kappa shape index (κ3) is 5.52. The fourth-order valence-electron chi connectivity index (χ4n) is 0.753. The smallest absolute Gasteiger partial charge is 0.151 e. The Labute approximate surface area is 68.0 Å². The molecule has 11 heavy (non-hydrogen) atoms. The van der Waals surface area contributed by atoms with E-state index in [1.165, 1.54) is 0 Å². The normalized spacial score (nSPS) is 12.4. The van der Waals surface area contributed by atoms with E-state index < -0.39 is 0 Å². The molecule has 0 atom stereocenters. The van der Waals surface area contributed by atoms with Crippen molar-refractivity contribution < 1.29 is 4.79 Å². The van der Waals surface area contributed by atoms with Crippen LogP contribution in [0.25, 0.3) is 0 Å². The molecule has 0 saturated carbocycles. The highest BCUT2D eigenvalue weighted by molar-refractivity contribution is 6.01. The molecule has 0 aromatic rings. The predicted molar refractivity (Wildman–Crippen MR) is 48.1 cm³/mol. The van der Waals surface area contributed by atoms with E-state index in [0.717, 1.165) is 25.5 Å². The predicted octanol–water partition coefficient (Wildman–Crippen LogP) is 2.00. The Bertz CT molecular complexity index is 159. The summed E-state index contributed by atoms with van der Waals surface area (Å²) in [5, 5.41) is 0. The number of nitrogens with zero attached hydrogens (tertiary/aromatic N) is 1. The zero-order chi connectivity index (χ0) is 8.53. The molecular formula is C9H15NO. The van der Waals surface area contributed by atoms with Gasteiger partial charge in [-0.05, 0) is 6.42 Å². The molecule has 0 radical (unpaired) electrons. The summed E-state index contributed by atoms with van der Waals surface area (Å²) in [6.07, 6.45) is 7.60. The van der Waals surface area contributed by atoms with E-state index in [4.69, 9.17) is 0 Å². The average Bonchev–Trinajstić information content (AvgIpc) is 2.03. The largest absolute Gasteiger partial charge is 0.298 e. The first kappa shape index (κ1) is 10.1. The summed E-state index contributed by atoms with van der Waals surface area (Å²) in [5.74, 6) is 0. The Hall–Kier alpha value is -0.920. The maximum Gasteiger partial charge on any atom is 0.151 e. The van der Waals surface area contributed by atoms with Gasteiger partial charge in [0.1, 0.15) is 0 Å². The highest BCUT2D eigenvalue weighted by Crippen LogP contribution is 1.97. The van der Waals surface area contributed by atoms with Gasteiger partial charge in [-0.15, -0.1) is 0 Å². The van der Waals surface area contributed by atoms with E-state index in [9.17, 15) is 4.79 Å². The lowest BCUT2D eigenvalue weighted by atomic mass is 10.2. The second-order valence-electron chi connectivity index (χ2n) is 2.35. The molecule has 2 nitrogen and oxygen atoms in total. The van der Waals surface area contributed by atoms with E-state index in [1.54, 1.807) is 13.3 Å². The van der Waals surface area contributed by atoms with Gasteiger partial charge in [0, 0.05) is 18.8 Å². The van der Waals surface area contributed by atoms with E-state index in [1.807, 2.05) is 6.08 Å². The molecule has 0 aliphatic heterocycles. The van der Waals surface area contributed by atoms with Gasteiger partial charge in [-0.1, -0.05) is 25.8 Å². The first-order valence-corrected chi connectivity index (χ1v) is 3.92. The van der Waals surface area contributed by atoms with Gasteiger partial charge < -0.3 is 0 Å². The van der Waals surface area contributed by atoms with E-state index in [-0.39, 0.29) is 0 Å². The van der Waals surface area contributed by atoms with Crippen LogP contribution in [-0.2, 0) is 4.79 Å². The summed E-state index contributed by atoms with van der Waals surface area (Å²) < 4.78 is 0. The first-order chi connectivity index (χ1) is 5.35. The van der Waals surface area contributed by atoms with Crippen LogP contribution in [0.4, 0.5) is 0 Å². The fourth-order valence-corrected chi connectivity index (χ4v) is 0.753. The highest BCUT2D eigenvalue weighted by Gasteiger charge is 1.87. The lowest BCUT2D eigenvalue weighted by Gasteiger charge is -1.90. The van der Waals surface area contributed by atoms with Crippen LogP contribution >= 0.6 is 0 Å². The van der Waals surface area contributed by atoms with Gasteiger partial charge >= 0.3 is 0 Å². The molecule has 0 saturated heterocycles. The lowest BCUT2D eigenvalue weighted by molar-refractivity contribution is -0.104. The first-order valence-electron chi connectivity index (χ1n) is 3.92. The third-order valence-corrected chi connectivity index (χ3v) is 1.35. The molecule has 0 aliphatic rings. The summed E-state index contributed by atoms with van der Waals surface area (Å²) in [6, 6.07) is 0. The molecule has 0 spiro atoms. The van der Waals surface area contributed by atoms with Crippen molar-refractivity contribution in [2.24, 2.45) is 4.99 Å². The van der Waals surface area contributed by atoms with Crippen molar-refractivity contribution in [1.82, 2.24) is 0 Å². The highest BCUT2D eigenvalue weighted by atomic mass is 16.1. The second kappa shape index (κ2) is 7.19. The number of carbonyl (C=O) groups is 1. The molecular weight excluding hydrogens is 138 g/mol. The van der Waals surface area contributed by atoms with Crippen LogP contribution in [0.2, 0.25) is 0 Å². The van der Waals surface area contributed by atoms with Gasteiger partial charge in [-0.25, -0.2) is 0 Å². The molecule has 2 heteroatoms. The van der Waals surface area contributed by atoms with Crippen LogP contribution in [0.3, 0.4) is 0 Å². The van der Waals surface area contributed by atoms with Crippen LogP contribution < -0.4 is 0 Å². The molecule has 0 rings (SSSR count). The Morgan fingerprint density at radius 2 is 2.27 bits per heavy atom. The molecule has 0 aromatic carbocycles. The van der Waals surface area contributed by atoms with Crippen molar-refractivity contribution in [3.05, 3.63) is 11.6 Å². The molecule has 0 bridgehead atoms. The maximum absolute atomic E-state index is 10.3. The van der Waals surface area contributed by atoms with Crippen molar-refractivity contribution in [3.8, 4) is 0 Å². The Balaban J connectivity index is 3.80. The molecule has 0 heterocycles. The number of carbonyl (C=O) groups excluding carboxylic acids is 1. The zero-order valence-electron chi connectivity index (χ0n) is 7.21. The Morgan fingerprint density at radius 1 is 1.55 bits per heavy atom. The average molecular weight is 153 g/mol. The summed E-state index contributed by atoms with van der Waals surface area (Å²) >= 11 is 0. The molecule has 0 unspecified atom stereocenters. The molecule has 0 amide bonds. The van der Waals surface area contributed by atoms with Gasteiger partial charge in [-0.2, -0.15) is 0 Å². The van der Waals surface area contributed by atoms with Crippen molar-refractivity contribution in [3.63, 3.8) is 0 Å². The van der Waals surface area contributed by atoms with Crippen LogP contribution in [0, 0.1) is 0 Å². The van der Waals surface area contributed by atoms with Crippen molar-refractivity contribution in [1.29, 1.82) is 0 Å². The monoisotopic (exact) mass is 153 g/mol. The third-order valence-electron chi connectivity index (χ3n) is 1.35. The Kier molecular flexibility index (Phi) is 6.59. The molecule has 0 aliphatic carbocycles. The van der Waals surface area contributed by atoms with Crippen LogP contribution in [-0.4, -0.2) is 19.5 Å². The summed E-state index contributed by atoms with van der Waals surface area (Å²) in [5.41, 5.74) is 0.681.